The summed E-state index contributed by atoms with van der Waals surface area (Å²) in [5.74, 6) is -1.10. The minimum atomic E-state index is -1.84. The zero-order chi connectivity index (χ0) is 15.0. The molecule has 1 aromatic carbocycles. The average molecular weight is 290 g/mol. The first kappa shape index (κ1) is 11.7. The highest BCUT2D eigenvalue weighted by Crippen LogP contribution is 2.37. The minimum Gasteiger partial charge on any atom is -0.428 e. The molecule has 21 heavy (non-hydrogen) atoms. The van der Waals surface area contributed by atoms with E-state index in [-0.39, 0.29) is 5.56 Å². The summed E-state index contributed by atoms with van der Waals surface area (Å²) in [6, 6.07) is 0. The molecular weight excluding hydrogens is 288 g/mol. The topological polar surface area (TPSA) is 141 Å². The first-order valence-corrected chi connectivity index (χ1v) is 5.57. The van der Waals surface area contributed by atoms with E-state index >= 15 is 0 Å². The van der Waals surface area contributed by atoms with Gasteiger partial charge in [-0.3, -0.25) is 0 Å². The van der Waals surface area contributed by atoms with Gasteiger partial charge < -0.3 is 18.7 Å². The van der Waals surface area contributed by atoms with E-state index in [1.165, 1.54) is 0 Å². The fraction of sp³-hybridized carbons (Fsp3) is 0.0833. The number of carbonyl (C=O) groups excluding carboxylic acids is 1. The van der Waals surface area contributed by atoms with Crippen LogP contribution in [0.25, 0.3) is 21.5 Å². The molecule has 1 aliphatic rings. The summed E-state index contributed by atoms with van der Waals surface area (Å²) in [6.07, 6.45) is -1.84. The molecular formula is C12H2O9. The number of carbonyl (C=O) groups is 1. The second kappa shape index (κ2) is 3.33. The van der Waals surface area contributed by atoms with Gasteiger partial charge in [0.1, 0.15) is 0 Å². The van der Waals surface area contributed by atoms with Crippen molar-refractivity contribution in [3.8, 4) is 0 Å². The number of hydrogen-bond acceptors (Lipinski definition) is 9. The summed E-state index contributed by atoms with van der Waals surface area (Å²) in [5.41, 5.74) is -5.46. The van der Waals surface area contributed by atoms with Crippen molar-refractivity contribution in [1.29, 1.82) is 0 Å². The number of hydrogen-bond donors (Lipinski definition) is 1. The standard InChI is InChI=1S/C12H2O9/c13-7-1-2(8(14)19-7)4-6(12(18)21-11(4)17)5-3(1)9(15)20-10(5)16/h7,13H. The van der Waals surface area contributed by atoms with Crippen LogP contribution in [0.2, 0.25) is 0 Å². The van der Waals surface area contributed by atoms with Gasteiger partial charge in [0.25, 0.3) is 0 Å². The SMILES string of the molecule is O=C1OC(O)c2c1c1c(=O)oc(=O)c1c1c(=O)oc(=O)c21. The van der Waals surface area contributed by atoms with Crippen LogP contribution >= 0.6 is 0 Å². The molecule has 1 unspecified atom stereocenters. The molecule has 0 amide bonds. The number of aliphatic hydroxyl groups excluding tert-OH is 1. The Labute approximate surface area is 111 Å². The van der Waals surface area contributed by atoms with Gasteiger partial charge in [0.15, 0.2) is 0 Å². The molecule has 9 nitrogen and oxygen atoms in total. The number of cyclic esters (lactones) is 1. The molecule has 1 atom stereocenters. The van der Waals surface area contributed by atoms with Gasteiger partial charge >= 0.3 is 28.5 Å². The van der Waals surface area contributed by atoms with Crippen LogP contribution in [0.4, 0.5) is 0 Å². The highest BCUT2D eigenvalue weighted by molar-refractivity contribution is 6.18. The molecule has 0 fully saturated rings. The van der Waals surface area contributed by atoms with E-state index in [1.807, 2.05) is 0 Å². The van der Waals surface area contributed by atoms with Gasteiger partial charge in [0.2, 0.25) is 6.29 Å². The summed E-state index contributed by atoms with van der Waals surface area (Å²) in [4.78, 5) is 58.6. The largest absolute Gasteiger partial charge is 0.428 e. The van der Waals surface area contributed by atoms with Crippen LogP contribution in [-0.2, 0) is 4.74 Å². The monoisotopic (exact) mass is 290 g/mol. The summed E-state index contributed by atoms with van der Waals surface area (Å²) in [5, 5.41) is 7.73. The van der Waals surface area contributed by atoms with E-state index in [0.717, 1.165) is 0 Å². The number of fused-ring (bicyclic) bond motifs is 6. The first-order valence-electron chi connectivity index (χ1n) is 5.57. The number of rotatable bonds is 0. The molecule has 1 aliphatic heterocycles. The second-order valence-corrected chi connectivity index (χ2v) is 4.40. The second-order valence-electron chi connectivity index (χ2n) is 4.40. The van der Waals surface area contributed by atoms with E-state index < -0.39 is 61.9 Å². The van der Waals surface area contributed by atoms with Crippen molar-refractivity contribution in [2.24, 2.45) is 0 Å². The van der Waals surface area contributed by atoms with Crippen LogP contribution in [0.5, 0.6) is 0 Å². The lowest BCUT2D eigenvalue weighted by Crippen LogP contribution is -2.05. The molecule has 0 aliphatic carbocycles. The Morgan fingerprint density at radius 1 is 0.714 bits per heavy atom. The maximum absolute atomic E-state index is 11.7. The predicted molar refractivity (Wildman–Crippen MR) is 63.8 cm³/mol. The van der Waals surface area contributed by atoms with Gasteiger partial charge in [0, 0.05) is 0 Å². The first-order chi connectivity index (χ1) is 9.91. The van der Waals surface area contributed by atoms with Crippen LogP contribution in [0.1, 0.15) is 22.2 Å². The van der Waals surface area contributed by atoms with Crippen LogP contribution < -0.4 is 22.5 Å². The van der Waals surface area contributed by atoms with Gasteiger partial charge in [0.05, 0.1) is 32.7 Å². The van der Waals surface area contributed by atoms with Crippen LogP contribution in [0, 0.1) is 0 Å². The molecule has 0 saturated carbocycles. The Morgan fingerprint density at radius 2 is 1.19 bits per heavy atom. The van der Waals surface area contributed by atoms with Crippen LogP contribution in [0.15, 0.2) is 28.0 Å². The fourth-order valence-electron chi connectivity index (χ4n) is 2.64. The molecule has 9 heteroatoms. The molecule has 3 heterocycles. The molecule has 0 bridgehead atoms. The third-order valence-electron chi connectivity index (χ3n) is 3.40. The van der Waals surface area contributed by atoms with Crippen LogP contribution in [0.3, 0.4) is 0 Å². The van der Waals surface area contributed by atoms with E-state index in [9.17, 15) is 29.1 Å². The van der Waals surface area contributed by atoms with E-state index in [0.29, 0.717) is 0 Å². The summed E-state index contributed by atoms with van der Waals surface area (Å²) in [6.45, 7) is 0. The summed E-state index contributed by atoms with van der Waals surface area (Å²) >= 11 is 0. The number of furan rings is 2. The van der Waals surface area contributed by atoms with Crippen molar-refractivity contribution < 1.29 is 23.5 Å². The maximum Gasteiger partial charge on any atom is 0.347 e. The van der Waals surface area contributed by atoms with Gasteiger partial charge in [-0.1, -0.05) is 0 Å². The van der Waals surface area contributed by atoms with Gasteiger partial charge in [-0.2, -0.15) is 0 Å². The van der Waals surface area contributed by atoms with Crippen molar-refractivity contribution in [1.82, 2.24) is 0 Å². The van der Waals surface area contributed by atoms with Crippen molar-refractivity contribution >= 4 is 27.5 Å². The number of esters is 1. The number of benzene rings is 1. The highest BCUT2D eigenvalue weighted by Gasteiger charge is 2.39. The van der Waals surface area contributed by atoms with Gasteiger partial charge in [-0.05, 0) is 0 Å². The van der Waals surface area contributed by atoms with Crippen molar-refractivity contribution in [2.45, 2.75) is 6.29 Å². The lowest BCUT2D eigenvalue weighted by Gasteiger charge is -2.01. The van der Waals surface area contributed by atoms with Gasteiger partial charge in [-0.25, -0.2) is 24.0 Å². The molecule has 104 valence electrons. The number of aliphatic hydroxyl groups is 1. The van der Waals surface area contributed by atoms with Crippen LogP contribution in [-0.4, -0.2) is 11.1 Å². The van der Waals surface area contributed by atoms with E-state index in [2.05, 4.69) is 13.6 Å². The Kier molecular flexibility index (Phi) is 1.86. The zero-order valence-electron chi connectivity index (χ0n) is 9.79. The Hall–Kier alpha value is -3.07. The third-order valence-corrected chi connectivity index (χ3v) is 3.40. The predicted octanol–water partition coefficient (Wildman–Crippen LogP) is -1.34. The maximum atomic E-state index is 11.7. The third kappa shape index (κ3) is 1.16. The number of ether oxygens (including phenoxy) is 1. The average Bonchev–Trinajstić information content (AvgIpc) is 2.96. The highest BCUT2D eigenvalue weighted by atomic mass is 16.6. The molecule has 0 saturated heterocycles. The summed E-state index contributed by atoms with van der Waals surface area (Å²) < 4.78 is 13.3. The minimum absolute atomic E-state index is 0.365. The lowest BCUT2D eigenvalue weighted by atomic mass is 9.97. The van der Waals surface area contributed by atoms with Crippen molar-refractivity contribution in [3.05, 3.63) is 52.8 Å². The Morgan fingerprint density at radius 3 is 1.81 bits per heavy atom. The van der Waals surface area contributed by atoms with Crippen molar-refractivity contribution in [3.63, 3.8) is 0 Å². The quantitative estimate of drug-likeness (QED) is 0.497. The van der Waals surface area contributed by atoms with E-state index in [4.69, 9.17) is 0 Å². The summed E-state index contributed by atoms with van der Waals surface area (Å²) in [7, 11) is 0. The molecule has 2 aromatic heterocycles. The van der Waals surface area contributed by atoms with E-state index in [1.54, 1.807) is 0 Å². The molecule has 0 spiro atoms. The molecule has 1 N–H and O–H groups in total. The Balaban J connectivity index is 2.56. The Bertz CT molecular complexity index is 1170. The van der Waals surface area contributed by atoms with Gasteiger partial charge in [-0.15, -0.1) is 0 Å². The molecule has 4 rings (SSSR count). The molecule has 3 aromatic rings. The molecule has 0 radical (unpaired) electrons. The zero-order valence-corrected chi connectivity index (χ0v) is 9.79. The fourth-order valence-corrected chi connectivity index (χ4v) is 2.64. The normalized spacial score (nSPS) is 17.6. The van der Waals surface area contributed by atoms with Crippen molar-refractivity contribution in [2.75, 3.05) is 0 Å². The smallest absolute Gasteiger partial charge is 0.347 e. The lowest BCUT2D eigenvalue weighted by molar-refractivity contribution is -0.0541.